The highest BCUT2D eigenvalue weighted by Gasteiger charge is 2.26. The van der Waals surface area contributed by atoms with E-state index in [2.05, 4.69) is 6.07 Å². The Bertz CT molecular complexity index is 800. The van der Waals surface area contributed by atoms with Gasteiger partial charge in [-0.3, -0.25) is 9.59 Å². The number of hydrogen-bond acceptors (Lipinski definition) is 4. The number of carbonyl (C=O) groups is 2. The maximum Gasteiger partial charge on any atom is 0.260 e. The third-order valence-electron chi connectivity index (χ3n) is 4.96. The molecular formula is C22H25NO4. The van der Waals surface area contributed by atoms with Crippen molar-refractivity contribution in [3.8, 4) is 5.75 Å². The van der Waals surface area contributed by atoms with Crippen LogP contribution in [0.4, 0.5) is 0 Å². The third-order valence-corrected chi connectivity index (χ3v) is 4.96. The Morgan fingerprint density at radius 1 is 1.15 bits per heavy atom. The van der Waals surface area contributed by atoms with Gasteiger partial charge in [0.05, 0.1) is 6.61 Å². The van der Waals surface area contributed by atoms with Crippen molar-refractivity contribution < 1.29 is 19.4 Å². The summed E-state index contributed by atoms with van der Waals surface area (Å²) in [6.07, 6.45) is 1.88. The van der Waals surface area contributed by atoms with Gasteiger partial charge in [0, 0.05) is 18.7 Å². The van der Waals surface area contributed by atoms with E-state index < -0.39 is 0 Å². The van der Waals surface area contributed by atoms with E-state index in [1.807, 2.05) is 23.1 Å². The quantitative estimate of drug-likeness (QED) is 0.764. The van der Waals surface area contributed by atoms with Crippen molar-refractivity contribution in [2.45, 2.75) is 26.4 Å². The first kappa shape index (κ1) is 19.1. The molecule has 1 aliphatic rings. The predicted octanol–water partition coefficient (Wildman–Crippen LogP) is 2.85. The second-order valence-electron chi connectivity index (χ2n) is 7.05. The van der Waals surface area contributed by atoms with Crippen molar-refractivity contribution >= 4 is 11.7 Å². The minimum atomic E-state index is -0.0164. The van der Waals surface area contributed by atoms with Gasteiger partial charge in [-0.1, -0.05) is 24.3 Å². The van der Waals surface area contributed by atoms with E-state index >= 15 is 0 Å². The van der Waals surface area contributed by atoms with Gasteiger partial charge in [0.15, 0.2) is 12.4 Å². The number of aliphatic hydroxyl groups excluding tert-OH is 1. The predicted molar refractivity (Wildman–Crippen MR) is 103 cm³/mol. The summed E-state index contributed by atoms with van der Waals surface area (Å²) in [7, 11) is 0. The molecule has 0 spiro atoms. The molecule has 0 saturated carbocycles. The molecule has 1 amide bonds. The van der Waals surface area contributed by atoms with E-state index in [4.69, 9.17) is 4.74 Å². The summed E-state index contributed by atoms with van der Waals surface area (Å²) in [4.78, 5) is 25.5. The number of ether oxygens (including phenoxy) is 1. The summed E-state index contributed by atoms with van der Waals surface area (Å²) in [5, 5.41) is 9.25. The van der Waals surface area contributed by atoms with Gasteiger partial charge in [-0.2, -0.15) is 0 Å². The summed E-state index contributed by atoms with van der Waals surface area (Å²) in [5.74, 6) is 1.00. The van der Waals surface area contributed by atoms with Crippen LogP contribution in [0.2, 0.25) is 0 Å². The fourth-order valence-electron chi connectivity index (χ4n) is 3.44. The van der Waals surface area contributed by atoms with Crippen LogP contribution >= 0.6 is 0 Å². The molecule has 0 bridgehead atoms. The topological polar surface area (TPSA) is 66.8 Å². The number of rotatable bonds is 7. The van der Waals surface area contributed by atoms with Crippen molar-refractivity contribution in [1.82, 2.24) is 4.90 Å². The van der Waals surface area contributed by atoms with Gasteiger partial charge in [-0.05, 0) is 61.1 Å². The van der Waals surface area contributed by atoms with Crippen LogP contribution in [0.3, 0.4) is 0 Å². The molecule has 27 heavy (non-hydrogen) atoms. The molecule has 5 heteroatoms. The molecule has 0 aliphatic carbocycles. The lowest BCUT2D eigenvalue weighted by Gasteiger charge is -2.17. The molecule has 0 aromatic heterocycles. The number of Topliss-reactive ketones (excluding diaryl/α,β-unsaturated/α-hetero) is 1. The van der Waals surface area contributed by atoms with Crippen molar-refractivity contribution in [2.24, 2.45) is 5.92 Å². The molecule has 1 atom stereocenters. The van der Waals surface area contributed by atoms with E-state index in [-0.39, 0.29) is 24.9 Å². The first-order valence-electron chi connectivity index (χ1n) is 9.25. The SMILES string of the molecule is CC(=O)c1ccc(OCC(=O)N2CC[C@@H](Cc3cccc(CO)c3)C2)cc1. The lowest BCUT2D eigenvalue weighted by Crippen LogP contribution is -2.33. The van der Waals surface area contributed by atoms with Gasteiger partial charge in [0.2, 0.25) is 0 Å². The highest BCUT2D eigenvalue weighted by Crippen LogP contribution is 2.22. The van der Waals surface area contributed by atoms with Crippen LogP contribution in [-0.2, 0) is 17.8 Å². The van der Waals surface area contributed by atoms with Gasteiger partial charge in [-0.25, -0.2) is 0 Å². The first-order chi connectivity index (χ1) is 13.0. The Morgan fingerprint density at radius 2 is 1.89 bits per heavy atom. The smallest absolute Gasteiger partial charge is 0.260 e. The third kappa shape index (κ3) is 5.17. The number of nitrogens with zero attached hydrogens (tertiary/aromatic N) is 1. The Morgan fingerprint density at radius 3 is 2.59 bits per heavy atom. The zero-order valence-electron chi connectivity index (χ0n) is 15.6. The van der Waals surface area contributed by atoms with E-state index in [1.165, 1.54) is 12.5 Å². The van der Waals surface area contributed by atoms with Crippen LogP contribution in [0, 0.1) is 5.92 Å². The highest BCUT2D eigenvalue weighted by molar-refractivity contribution is 5.94. The molecule has 1 heterocycles. The first-order valence-corrected chi connectivity index (χ1v) is 9.25. The average Bonchev–Trinajstić information content (AvgIpc) is 3.15. The summed E-state index contributed by atoms with van der Waals surface area (Å²) >= 11 is 0. The van der Waals surface area contributed by atoms with Crippen molar-refractivity contribution in [2.75, 3.05) is 19.7 Å². The lowest BCUT2D eigenvalue weighted by atomic mass is 9.97. The Hall–Kier alpha value is -2.66. The summed E-state index contributed by atoms with van der Waals surface area (Å²) in [6.45, 7) is 3.05. The van der Waals surface area contributed by atoms with E-state index in [1.54, 1.807) is 24.3 Å². The van der Waals surface area contributed by atoms with Crippen molar-refractivity contribution in [3.05, 3.63) is 65.2 Å². The zero-order valence-corrected chi connectivity index (χ0v) is 15.6. The van der Waals surface area contributed by atoms with Crippen molar-refractivity contribution in [3.63, 3.8) is 0 Å². The summed E-state index contributed by atoms with van der Waals surface area (Å²) in [6, 6.07) is 14.8. The number of amides is 1. The van der Waals surface area contributed by atoms with Crippen LogP contribution < -0.4 is 4.74 Å². The molecule has 3 rings (SSSR count). The molecule has 1 aliphatic heterocycles. The molecule has 142 valence electrons. The van der Waals surface area contributed by atoms with Crippen LogP contribution in [0.5, 0.6) is 5.75 Å². The monoisotopic (exact) mass is 367 g/mol. The fraction of sp³-hybridized carbons (Fsp3) is 0.364. The fourth-order valence-corrected chi connectivity index (χ4v) is 3.44. The minimum absolute atomic E-state index is 0.00487. The Kier molecular flexibility index (Phi) is 6.24. The number of benzene rings is 2. The minimum Gasteiger partial charge on any atom is -0.484 e. The Balaban J connectivity index is 1.47. The zero-order chi connectivity index (χ0) is 19.2. The number of hydrogen-bond donors (Lipinski definition) is 1. The second-order valence-corrected chi connectivity index (χ2v) is 7.05. The molecule has 5 nitrogen and oxygen atoms in total. The molecule has 0 radical (unpaired) electrons. The largest absolute Gasteiger partial charge is 0.484 e. The summed E-state index contributed by atoms with van der Waals surface area (Å²) < 4.78 is 5.57. The average molecular weight is 367 g/mol. The number of carbonyl (C=O) groups excluding carboxylic acids is 2. The van der Waals surface area contributed by atoms with E-state index in [0.29, 0.717) is 17.2 Å². The molecule has 2 aromatic carbocycles. The van der Waals surface area contributed by atoms with Gasteiger partial charge in [0.1, 0.15) is 5.75 Å². The van der Waals surface area contributed by atoms with Gasteiger partial charge >= 0.3 is 0 Å². The Labute approximate surface area is 159 Å². The lowest BCUT2D eigenvalue weighted by molar-refractivity contribution is -0.132. The second kappa shape index (κ2) is 8.82. The van der Waals surface area contributed by atoms with Crippen LogP contribution in [-0.4, -0.2) is 41.4 Å². The van der Waals surface area contributed by atoms with Crippen LogP contribution in [0.15, 0.2) is 48.5 Å². The van der Waals surface area contributed by atoms with E-state index in [9.17, 15) is 14.7 Å². The number of aliphatic hydroxyl groups is 1. The number of likely N-dealkylation sites (tertiary alicyclic amines) is 1. The maximum absolute atomic E-state index is 12.4. The van der Waals surface area contributed by atoms with Crippen LogP contribution in [0.25, 0.3) is 0 Å². The number of ketones is 1. The summed E-state index contributed by atoms with van der Waals surface area (Å²) in [5.41, 5.74) is 2.74. The van der Waals surface area contributed by atoms with Gasteiger partial charge in [-0.15, -0.1) is 0 Å². The van der Waals surface area contributed by atoms with Gasteiger partial charge in [0.25, 0.3) is 5.91 Å². The molecule has 0 unspecified atom stereocenters. The molecular weight excluding hydrogens is 342 g/mol. The maximum atomic E-state index is 12.4. The van der Waals surface area contributed by atoms with Crippen molar-refractivity contribution in [1.29, 1.82) is 0 Å². The van der Waals surface area contributed by atoms with E-state index in [0.717, 1.165) is 31.5 Å². The van der Waals surface area contributed by atoms with Gasteiger partial charge < -0.3 is 14.7 Å². The normalized spacial score (nSPS) is 16.4. The van der Waals surface area contributed by atoms with Crippen LogP contribution in [0.1, 0.15) is 34.8 Å². The molecule has 1 saturated heterocycles. The molecule has 2 aromatic rings. The molecule has 1 fully saturated rings. The standard InChI is InChI=1S/C22H25NO4/c1-16(25)20-5-7-21(8-6-20)27-15-22(26)23-10-9-18(13-23)11-17-3-2-4-19(12-17)14-24/h2-8,12,18,24H,9-11,13-15H2,1H3/t18-/m0/s1. The highest BCUT2D eigenvalue weighted by atomic mass is 16.5. The molecule has 1 N–H and O–H groups in total.